The van der Waals surface area contributed by atoms with E-state index in [9.17, 15) is 0 Å². The molecule has 6 heteroatoms. The van der Waals surface area contributed by atoms with Crippen molar-refractivity contribution in [3.05, 3.63) is 28.3 Å². The summed E-state index contributed by atoms with van der Waals surface area (Å²) in [6, 6.07) is 1.87. The Kier molecular flexibility index (Phi) is 2.93. The summed E-state index contributed by atoms with van der Waals surface area (Å²) in [5, 5.41) is 4.71. The number of hydrogen-bond acceptors (Lipinski definition) is 4. The van der Waals surface area contributed by atoms with E-state index in [1.54, 1.807) is 4.68 Å². The lowest BCUT2D eigenvalue weighted by Crippen LogP contribution is -2.02. The zero-order chi connectivity index (χ0) is 13.6. The minimum Gasteiger partial charge on any atom is -0.421 e. The van der Waals surface area contributed by atoms with E-state index in [2.05, 4.69) is 15.1 Å². The van der Waals surface area contributed by atoms with Gasteiger partial charge in [-0.2, -0.15) is 10.1 Å². The van der Waals surface area contributed by atoms with Crippen LogP contribution in [-0.4, -0.2) is 19.7 Å². The summed E-state index contributed by atoms with van der Waals surface area (Å²) in [7, 11) is 1.84. The van der Waals surface area contributed by atoms with Gasteiger partial charge in [0.2, 0.25) is 11.8 Å². The van der Waals surface area contributed by atoms with Crippen LogP contribution in [0, 0.1) is 13.8 Å². The molecule has 2 heterocycles. The van der Waals surface area contributed by atoms with Gasteiger partial charge in [0.05, 0.1) is 5.69 Å². The molecule has 3 rings (SSSR count). The Morgan fingerprint density at radius 2 is 2.05 bits per heavy atom. The lowest BCUT2D eigenvalue weighted by Gasteiger charge is -2.09. The molecule has 1 saturated carbocycles. The highest BCUT2D eigenvalue weighted by molar-refractivity contribution is 6.30. The van der Waals surface area contributed by atoms with Crippen molar-refractivity contribution in [3.8, 4) is 11.8 Å². The van der Waals surface area contributed by atoms with Crippen molar-refractivity contribution in [2.24, 2.45) is 7.05 Å². The Labute approximate surface area is 116 Å². The molecule has 0 bridgehead atoms. The van der Waals surface area contributed by atoms with Crippen LogP contribution in [0.2, 0.25) is 5.15 Å². The van der Waals surface area contributed by atoms with Gasteiger partial charge in [0.1, 0.15) is 11.0 Å². The number of hydrogen-bond donors (Lipinski definition) is 0. The van der Waals surface area contributed by atoms with E-state index in [4.69, 9.17) is 16.3 Å². The van der Waals surface area contributed by atoms with Crippen LogP contribution in [0.15, 0.2) is 6.07 Å². The summed E-state index contributed by atoms with van der Waals surface area (Å²) in [6.45, 7) is 3.78. The summed E-state index contributed by atoms with van der Waals surface area (Å²) >= 11 is 6.15. The predicted octanol–water partition coefficient (Wildman–Crippen LogP) is 3.15. The van der Waals surface area contributed by atoms with E-state index in [0.717, 1.165) is 29.9 Å². The number of rotatable bonds is 3. The summed E-state index contributed by atoms with van der Waals surface area (Å²) in [5.74, 6) is 2.39. The fraction of sp³-hybridized carbons (Fsp3) is 0.462. The second kappa shape index (κ2) is 4.49. The summed E-state index contributed by atoms with van der Waals surface area (Å²) in [5.41, 5.74) is 1.66. The highest BCUT2D eigenvalue weighted by Crippen LogP contribution is 2.40. The average molecular weight is 279 g/mol. The van der Waals surface area contributed by atoms with Crippen LogP contribution in [0.3, 0.4) is 0 Å². The highest BCUT2D eigenvalue weighted by atomic mass is 35.5. The van der Waals surface area contributed by atoms with Gasteiger partial charge in [-0.05, 0) is 26.7 Å². The molecule has 0 atom stereocenters. The third-order valence-corrected chi connectivity index (χ3v) is 3.53. The smallest absolute Gasteiger partial charge is 0.229 e. The lowest BCUT2D eigenvalue weighted by atomic mass is 10.3. The van der Waals surface area contributed by atoms with Crippen molar-refractivity contribution in [2.45, 2.75) is 32.6 Å². The molecule has 0 spiro atoms. The van der Waals surface area contributed by atoms with Crippen molar-refractivity contribution in [3.63, 3.8) is 0 Å². The molecule has 0 N–H and O–H groups in total. The Morgan fingerprint density at radius 3 is 2.63 bits per heavy atom. The van der Waals surface area contributed by atoms with Crippen LogP contribution >= 0.6 is 11.6 Å². The third kappa shape index (κ3) is 2.42. The molecule has 1 aliphatic carbocycles. The van der Waals surface area contributed by atoms with E-state index in [0.29, 0.717) is 22.8 Å². The number of aryl methyl sites for hydroxylation is 2. The van der Waals surface area contributed by atoms with Crippen molar-refractivity contribution in [1.82, 2.24) is 19.7 Å². The summed E-state index contributed by atoms with van der Waals surface area (Å²) in [6.07, 6.45) is 2.26. The molecule has 1 fully saturated rings. The molecule has 1 aliphatic rings. The highest BCUT2D eigenvalue weighted by Gasteiger charge is 2.28. The molecule has 5 nitrogen and oxygen atoms in total. The first-order valence-electron chi connectivity index (χ1n) is 6.27. The first kappa shape index (κ1) is 12.4. The van der Waals surface area contributed by atoms with Crippen molar-refractivity contribution in [2.75, 3.05) is 0 Å². The fourth-order valence-electron chi connectivity index (χ4n) is 1.89. The predicted molar refractivity (Wildman–Crippen MR) is 71.8 cm³/mol. The van der Waals surface area contributed by atoms with Gasteiger partial charge < -0.3 is 4.74 Å². The average Bonchev–Trinajstić information content (AvgIpc) is 3.13. The van der Waals surface area contributed by atoms with Crippen LogP contribution in [0.5, 0.6) is 11.8 Å². The Hall–Kier alpha value is -1.62. The number of ether oxygens (including phenoxy) is 1. The molecule has 2 aromatic heterocycles. The van der Waals surface area contributed by atoms with Crippen LogP contribution in [0.25, 0.3) is 0 Å². The molecule has 100 valence electrons. The maximum atomic E-state index is 6.15. The molecule has 19 heavy (non-hydrogen) atoms. The Bertz CT molecular complexity index is 634. The molecule has 0 aromatic carbocycles. The largest absolute Gasteiger partial charge is 0.421 e. The molecule has 0 aliphatic heterocycles. The maximum Gasteiger partial charge on any atom is 0.229 e. The van der Waals surface area contributed by atoms with Gasteiger partial charge >= 0.3 is 0 Å². The number of nitrogens with zero attached hydrogens (tertiary/aromatic N) is 4. The second-order valence-corrected chi connectivity index (χ2v) is 5.28. The number of aromatic nitrogens is 4. The van der Waals surface area contributed by atoms with Crippen LogP contribution < -0.4 is 4.74 Å². The maximum absolute atomic E-state index is 6.15. The zero-order valence-corrected chi connectivity index (χ0v) is 11.9. The SMILES string of the molecule is Cc1cc(Oc2nc(C3CC3)nc(Cl)c2C)n(C)n1. The molecular formula is C13H15ClN4O. The summed E-state index contributed by atoms with van der Waals surface area (Å²) in [4.78, 5) is 8.80. The third-order valence-electron chi connectivity index (χ3n) is 3.16. The van der Waals surface area contributed by atoms with E-state index in [1.165, 1.54) is 0 Å². The molecule has 0 unspecified atom stereocenters. The van der Waals surface area contributed by atoms with Crippen LogP contribution in [0.1, 0.15) is 35.8 Å². The van der Waals surface area contributed by atoms with E-state index in [-0.39, 0.29) is 0 Å². The van der Waals surface area contributed by atoms with E-state index < -0.39 is 0 Å². The minimum atomic E-state index is 0.439. The number of halogens is 1. The topological polar surface area (TPSA) is 52.8 Å². The van der Waals surface area contributed by atoms with Crippen molar-refractivity contribution >= 4 is 11.6 Å². The summed E-state index contributed by atoms with van der Waals surface area (Å²) < 4.78 is 7.51. The van der Waals surface area contributed by atoms with Crippen LogP contribution in [0.4, 0.5) is 0 Å². The van der Waals surface area contributed by atoms with Crippen LogP contribution in [-0.2, 0) is 7.05 Å². The van der Waals surface area contributed by atoms with Gasteiger partial charge in [-0.15, -0.1) is 0 Å². The van der Waals surface area contributed by atoms with Gasteiger partial charge in [-0.25, -0.2) is 9.67 Å². The molecule has 0 amide bonds. The Balaban J connectivity index is 1.97. The lowest BCUT2D eigenvalue weighted by molar-refractivity contribution is 0.409. The monoisotopic (exact) mass is 278 g/mol. The van der Waals surface area contributed by atoms with Crippen molar-refractivity contribution in [1.29, 1.82) is 0 Å². The minimum absolute atomic E-state index is 0.439. The standard InChI is InChI=1S/C13H15ClN4O/c1-7-6-10(18(3)17-7)19-13-8(2)11(14)15-12(16-13)9-4-5-9/h6,9H,4-5H2,1-3H3. The van der Waals surface area contributed by atoms with Crippen molar-refractivity contribution < 1.29 is 4.74 Å². The van der Waals surface area contributed by atoms with E-state index in [1.807, 2.05) is 27.0 Å². The fourth-order valence-corrected chi connectivity index (χ4v) is 2.06. The van der Waals surface area contributed by atoms with Gasteiger partial charge in [0.15, 0.2) is 0 Å². The van der Waals surface area contributed by atoms with Gasteiger partial charge in [0.25, 0.3) is 0 Å². The van der Waals surface area contributed by atoms with Gasteiger partial charge in [-0.1, -0.05) is 11.6 Å². The molecule has 0 radical (unpaired) electrons. The quantitative estimate of drug-likeness (QED) is 0.810. The van der Waals surface area contributed by atoms with Gasteiger partial charge in [0, 0.05) is 24.6 Å². The normalized spacial score (nSPS) is 14.7. The van der Waals surface area contributed by atoms with E-state index >= 15 is 0 Å². The molecule has 0 saturated heterocycles. The second-order valence-electron chi connectivity index (χ2n) is 4.93. The first-order valence-corrected chi connectivity index (χ1v) is 6.65. The first-order chi connectivity index (χ1) is 9.04. The Morgan fingerprint density at radius 1 is 1.32 bits per heavy atom. The zero-order valence-electron chi connectivity index (χ0n) is 11.1. The van der Waals surface area contributed by atoms with Gasteiger partial charge in [-0.3, -0.25) is 0 Å². The molecular weight excluding hydrogens is 264 g/mol. The molecule has 2 aromatic rings.